The second-order valence-corrected chi connectivity index (χ2v) is 2.97. The highest BCUT2D eigenvalue weighted by Crippen LogP contribution is 2.26. The van der Waals surface area contributed by atoms with E-state index in [4.69, 9.17) is 0 Å². The third-order valence-electron chi connectivity index (χ3n) is 2.05. The summed E-state index contributed by atoms with van der Waals surface area (Å²) in [7, 11) is 0. The monoisotopic (exact) mass is 140 g/mol. The van der Waals surface area contributed by atoms with Crippen molar-refractivity contribution in [2.45, 2.75) is 46.0 Å². The van der Waals surface area contributed by atoms with Gasteiger partial charge in [-0.15, -0.1) is 6.58 Å². The summed E-state index contributed by atoms with van der Waals surface area (Å²) in [5.41, 5.74) is 0. The summed E-state index contributed by atoms with van der Waals surface area (Å²) < 4.78 is 0. The lowest BCUT2D eigenvalue weighted by Gasteiger charge is -1.99. The van der Waals surface area contributed by atoms with Gasteiger partial charge in [0, 0.05) is 0 Å². The molecule has 0 atom stereocenters. The van der Waals surface area contributed by atoms with Crippen LogP contribution in [-0.2, 0) is 0 Å². The molecule has 0 aromatic heterocycles. The van der Waals surface area contributed by atoms with E-state index >= 15 is 0 Å². The van der Waals surface area contributed by atoms with E-state index in [-0.39, 0.29) is 0 Å². The Kier molecular flexibility index (Phi) is 6.68. The fraction of sp³-hybridized carbons (Fsp3) is 0.800. The smallest absolute Gasteiger partial charge is 0.0417 e. The van der Waals surface area contributed by atoms with Gasteiger partial charge in [0.2, 0.25) is 0 Å². The maximum absolute atomic E-state index is 3.36. The van der Waals surface area contributed by atoms with Crippen LogP contribution in [0.4, 0.5) is 0 Å². The molecule has 1 aliphatic rings. The Labute approximate surface area is 65.3 Å². The summed E-state index contributed by atoms with van der Waals surface area (Å²) in [6, 6.07) is 0. The molecule has 0 heterocycles. The number of rotatable bonds is 1. The van der Waals surface area contributed by atoms with Gasteiger partial charge in [0.15, 0.2) is 0 Å². The molecular formula is C10H20. The van der Waals surface area contributed by atoms with E-state index in [1.54, 1.807) is 6.08 Å². The van der Waals surface area contributed by atoms with Crippen molar-refractivity contribution < 1.29 is 0 Å². The molecule has 0 amide bonds. The zero-order chi connectivity index (χ0) is 7.82. The zero-order valence-corrected chi connectivity index (χ0v) is 7.40. The molecule has 1 aliphatic carbocycles. The number of allylic oxidation sites excluding steroid dienone is 1. The van der Waals surface area contributed by atoms with Crippen LogP contribution in [-0.4, -0.2) is 0 Å². The molecule has 1 saturated carbocycles. The van der Waals surface area contributed by atoms with Crippen molar-refractivity contribution in [2.75, 3.05) is 0 Å². The molecule has 10 heavy (non-hydrogen) atoms. The molecule has 0 heteroatoms. The average molecular weight is 140 g/mol. The standard InChI is InChI=1S/C7H14.C3H6/c1-2-7-5-3-4-6-7;1-3-2/h7H,2-6H2,1H3;3H,1H2,2H3. The molecule has 0 aliphatic heterocycles. The fourth-order valence-electron chi connectivity index (χ4n) is 1.42. The highest BCUT2D eigenvalue weighted by Gasteiger charge is 2.11. The van der Waals surface area contributed by atoms with Crippen LogP contribution in [0.3, 0.4) is 0 Å². The molecule has 0 aromatic rings. The predicted molar refractivity (Wildman–Crippen MR) is 48.1 cm³/mol. The van der Waals surface area contributed by atoms with E-state index in [9.17, 15) is 0 Å². The lowest BCUT2D eigenvalue weighted by Crippen LogP contribution is -1.86. The third kappa shape index (κ3) is 4.60. The molecule has 0 spiro atoms. The average Bonchev–Trinajstić information content (AvgIpc) is 2.39. The van der Waals surface area contributed by atoms with Gasteiger partial charge in [-0.3, -0.25) is 0 Å². The minimum atomic E-state index is 1.10. The van der Waals surface area contributed by atoms with Crippen LogP contribution in [0, 0.1) is 5.92 Å². The van der Waals surface area contributed by atoms with Gasteiger partial charge in [0.1, 0.15) is 0 Å². The lowest BCUT2D eigenvalue weighted by atomic mass is 10.1. The maximum Gasteiger partial charge on any atom is -0.0417 e. The van der Waals surface area contributed by atoms with E-state index in [0.29, 0.717) is 0 Å². The highest BCUT2D eigenvalue weighted by molar-refractivity contribution is 4.64. The summed E-state index contributed by atoms with van der Waals surface area (Å²) in [4.78, 5) is 0. The SMILES string of the molecule is C=CC.CCC1CCCC1. The van der Waals surface area contributed by atoms with Crippen molar-refractivity contribution in [2.24, 2.45) is 5.92 Å². The molecule has 0 aromatic carbocycles. The van der Waals surface area contributed by atoms with E-state index < -0.39 is 0 Å². The molecule has 60 valence electrons. The Morgan fingerprint density at radius 2 is 1.80 bits per heavy atom. The van der Waals surface area contributed by atoms with E-state index in [2.05, 4.69) is 13.5 Å². The van der Waals surface area contributed by atoms with Gasteiger partial charge in [0.05, 0.1) is 0 Å². The molecule has 1 fully saturated rings. The summed E-state index contributed by atoms with van der Waals surface area (Å²) in [5.74, 6) is 1.10. The second kappa shape index (κ2) is 6.85. The van der Waals surface area contributed by atoms with Crippen LogP contribution < -0.4 is 0 Å². The third-order valence-corrected chi connectivity index (χ3v) is 2.05. The molecule has 1 rings (SSSR count). The van der Waals surface area contributed by atoms with Crippen LogP contribution in [0.2, 0.25) is 0 Å². The highest BCUT2D eigenvalue weighted by atomic mass is 14.2. The Morgan fingerprint density at radius 3 is 2.00 bits per heavy atom. The van der Waals surface area contributed by atoms with Crippen LogP contribution in [0.25, 0.3) is 0 Å². The van der Waals surface area contributed by atoms with Crippen molar-refractivity contribution in [1.29, 1.82) is 0 Å². The van der Waals surface area contributed by atoms with Gasteiger partial charge in [-0.05, 0) is 12.8 Å². The number of hydrogen-bond donors (Lipinski definition) is 0. The van der Waals surface area contributed by atoms with Crippen molar-refractivity contribution in [1.82, 2.24) is 0 Å². The number of hydrogen-bond acceptors (Lipinski definition) is 0. The minimum Gasteiger partial charge on any atom is -0.103 e. The summed E-state index contributed by atoms with van der Waals surface area (Å²) >= 11 is 0. The molecule has 0 unspecified atom stereocenters. The first-order valence-electron chi connectivity index (χ1n) is 4.42. The quantitative estimate of drug-likeness (QED) is 0.486. The topological polar surface area (TPSA) is 0 Å². The van der Waals surface area contributed by atoms with Crippen LogP contribution in [0.5, 0.6) is 0 Å². The molecule has 0 bridgehead atoms. The summed E-state index contributed by atoms with van der Waals surface area (Å²) in [6.45, 7) is 7.55. The van der Waals surface area contributed by atoms with Gasteiger partial charge >= 0.3 is 0 Å². The van der Waals surface area contributed by atoms with Crippen LogP contribution >= 0.6 is 0 Å². The minimum absolute atomic E-state index is 1.10. The van der Waals surface area contributed by atoms with Gasteiger partial charge in [0.25, 0.3) is 0 Å². The molecule has 0 N–H and O–H groups in total. The van der Waals surface area contributed by atoms with Crippen molar-refractivity contribution in [3.63, 3.8) is 0 Å². The molecule has 0 saturated heterocycles. The Morgan fingerprint density at radius 1 is 1.40 bits per heavy atom. The first kappa shape index (κ1) is 9.74. The van der Waals surface area contributed by atoms with Gasteiger partial charge in [-0.1, -0.05) is 45.1 Å². The Balaban J connectivity index is 0.000000236. The molecule has 0 radical (unpaired) electrons. The van der Waals surface area contributed by atoms with Crippen molar-refractivity contribution in [3.8, 4) is 0 Å². The maximum atomic E-state index is 3.36. The van der Waals surface area contributed by atoms with E-state index in [1.807, 2.05) is 6.92 Å². The van der Waals surface area contributed by atoms with E-state index in [1.165, 1.54) is 32.1 Å². The van der Waals surface area contributed by atoms with Gasteiger partial charge < -0.3 is 0 Å². The van der Waals surface area contributed by atoms with Crippen LogP contribution in [0.1, 0.15) is 46.0 Å². The predicted octanol–water partition coefficient (Wildman–Crippen LogP) is 3.78. The first-order chi connectivity index (χ1) is 4.85. The fourth-order valence-corrected chi connectivity index (χ4v) is 1.42. The lowest BCUT2D eigenvalue weighted by molar-refractivity contribution is 0.531. The first-order valence-corrected chi connectivity index (χ1v) is 4.42. The van der Waals surface area contributed by atoms with Crippen molar-refractivity contribution >= 4 is 0 Å². The van der Waals surface area contributed by atoms with Gasteiger partial charge in [-0.2, -0.15) is 0 Å². The van der Waals surface area contributed by atoms with Crippen molar-refractivity contribution in [3.05, 3.63) is 12.7 Å². The van der Waals surface area contributed by atoms with Crippen LogP contribution in [0.15, 0.2) is 12.7 Å². The summed E-state index contributed by atoms with van der Waals surface area (Å²) in [5, 5.41) is 0. The second-order valence-electron chi connectivity index (χ2n) is 2.97. The Bertz CT molecular complexity index is 68.1. The normalized spacial score (nSPS) is 17.8. The zero-order valence-electron chi connectivity index (χ0n) is 7.40. The molecular weight excluding hydrogens is 120 g/mol. The molecule has 0 nitrogen and oxygen atoms in total. The van der Waals surface area contributed by atoms with Gasteiger partial charge in [-0.25, -0.2) is 0 Å². The summed E-state index contributed by atoms with van der Waals surface area (Å²) in [6.07, 6.45) is 9.18. The largest absolute Gasteiger partial charge is 0.103 e. The Hall–Kier alpha value is -0.260. The van der Waals surface area contributed by atoms with E-state index in [0.717, 1.165) is 5.92 Å².